The first kappa shape index (κ1) is 18.5. The van der Waals surface area contributed by atoms with Gasteiger partial charge in [-0.2, -0.15) is 0 Å². The third-order valence-electron chi connectivity index (χ3n) is 5.23. The number of rotatable bonds is 6. The first-order valence-electron chi connectivity index (χ1n) is 9.72. The number of ether oxygens (including phenoxy) is 1. The third-order valence-corrected chi connectivity index (χ3v) is 5.23. The molecule has 1 aliphatic rings. The molecule has 28 heavy (non-hydrogen) atoms. The lowest BCUT2D eigenvalue weighted by Gasteiger charge is -2.26. The predicted octanol–water partition coefficient (Wildman–Crippen LogP) is 2.85. The standard InChI is InChI=1S/C22H25N3O3/c1-16-6-4-7-17(12-16)13-24(14-18-8-5-11-28-18)21(26)15-25-20-10-3-2-9-19(20)23-22(25)27/h2-4,6-7,9-10,12,18H,5,8,11,13-15H2,1H3,(H,23,27)/t18-/m0/s1. The number of aromatic nitrogens is 2. The van der Waals surface area contributed by atoms with E-state index in [1.54, 1.807) is 0 Å². The van der Waals surface area contributed by atoms with Crippen molar-refractivity contribution in [2.45, 2.75) is 39.0 Å². The molecule has 2 aromatic carbocycles. The van der Waals surface area contributed by atoms with E-state index in [0.29, 0.717) is 13.1 Å². The first-order valence-corrected chi connectivity index (χ1v) is 9.72. The van der Waals surface area contributed by atoms with Crippen LogP contribution in [0.25, 0.3) is 11.0 Å². The first-order chi connectivity index (χ1) is 13.6. The molecule has 1 saturated heterocycles. The molecule has 0 unspecified atom stereocenters. The molecule has 0 saturated carbocycles. The number of fused-ring (bicyclic) bond motifs is 1. The van der Waals surface area contributed by atoms with Gasteiger partial charge in [-0.1, -0.05) is 42.0 Å². The SMILES string of the molecule is Cc1cccc(CN(C[C@@H]2CCCO2)C(=O)Cn2c(=O)[nH]c3ccccc32)c1. The Labute approximate surface area is 163 Å². The molecule has 3 aromatic rings. The summed E-state index contributed by atoms with van der Waals surface area (Å²) in [6.07, 6.45) is 2.05. The number of para-hydroxylation sites is 2. The fraction of sp³-hybridized carbons (Fsp3) is 0.364. The summed E-state index contributed by atoms with van der Waals surface area (Å²) in [5, 5.41) is 0. The van der Waals surface area contributed by atoms with Gasteiger partial charge in [0.15, 0.2) is 0 Å². The molecule has 1 amide bonds. The van der Waals surface area contributed by atoms with E-state index in [1.165, 1.54) is 4.57 Å². The van der Waals surface area contributed by atoms with Gasteiger partial charge in [-0.15, -0.1) is 0 Å². The van der Waals surface area contributed by atoms with Crippen molar-refractivity contribution in [2.24, 2.45) is 0 Å². The number of hydrogen-bond acceptors (Lipinski definition) is 3. The van der Waals surface area contributed by atoms with E-state index < -0.39 is 0 Å². The summed E-state index contributed by atoms with van der Waals surface area (Å²) in [6.45, 7) is 3.86. The molecular weight excluding hydrogens is 354 g/mol. The quantitative estimate of drug-likeness (QED) is 0.716. The van der Waals surface area contributed by atoms with Crippen LogP contribution in [0, 0.1) is 6.92 Å². The molecule has 1 aromatic heterocycles. The van der Waals surface area contributed by atoms with Crippen molar-refractivity contribution in [3.05, 3.63) is 70.1 Å². The minimum atomic E-state index is -0.262. The minimum absolute atomic E-state index is 0.0153. The molecule has 1 N–H and O–H groups in total. The Morgan fingerprint density at radius 1 is 1.25 bits per heavy atom. The fourth-order valence-corrected chi connectivity index (χ4v) is 3.82. The molecule has 4 rings (SSSR count). The van der Waals surface area contributed by atoms with Gasteiger partial charge in [0.25, 0.3) is 0 Å². The van der Waals surface area contributed by atoms with Gasteiger partial charge in [-0.3, -0.25) is 9.36 Å². The lowest BCUT2D eigenvalue weighted by molar-refractivity contribution is -0.134. The van der Waals surface area contributed by atoms with Crippen molar-refractivity contribution in [1.82, 2.24) is 14.5 Å². The van der Waals surface area contributed by atoms with E-state index in [9.17, 15) is 9.59 Å². The molecule has 2 heterocycles. The normalized spacial score (nSPS) is 16.5. The Kier molecular flexibility index (Phi) is 5.30. The molecule has 0 aliphatic carbocycles. The molecule has 1 aliphatic heterocycles. The highest BCUT2D eigenvalue weighted by Crippen LogP contribution is 2.17. The second kappa shape index (κ2) is 8.02. The highest BCUT2D eigenvalue weighted by atomic mass is 16.5. The molecule has 0 radical (unpaired) electrons. The van der Waals surface area contributed by atoms with E-state index in [0.717, 1.165) is 41.6 Å². The average Bonchev–Trinajstić information content (AvgIpc) is 3.29. The topological polar surface area (TPSA) is 67.3 Å². The summed E-state index contributed by atoms with van der Waals surface area (Å²) >= 11 is 0. The van der Waals surface area contributed by atoms with Crippen LogP contribution in [0.1, 0.15) is 24.0 Å². The molecule has 6 nitrogen and oxygen atoms in total. The van der Waals surface area contributed by atoms with Crippen LogP contribution >= 0.6 is 0 Å². The van der Waals surface area contributed by atoms with E-state index >= 15 is 0 Å². The Morgan fingerprint density at radius 3 is 2.89 bits per heavy atom. The van der Waals surface area contributed by atoms with Crippen LogP contribution in [0.2, 0.25) is 0 Å². The lowest BCUT2D eigenvalue weighted by Crippen LogP contribution is -2.40. The maximum atomic E-state index is 13.2. The van der Waals surface area contributed by atoms with Crippen LogP contribution in [0.4, 0.5) is 0 Å². The third kappa shape index (κ3) is 4.02. The van der Waals surface area contributed by atoms with Gasteiger partial charge in [0.2, 0.25) is 5.91 Å². The Bertz CT molecular complexity index is 1030. The summed E-state index contributed by atoms with van der Waals surface area (Å²) in [4.78, 5) is 30.2. The van der Waals surface area contributed by atoms with Crippen molar-refractivity contribution >= 4 is 16.9 Å². The van der Waals surface area contributed by atoms with Crippen LogP contribution in [0.5, 0.6) is 0 Å². The lowest BCUT2D eigenvalue weighted by atomic mass is 10.1. The number of H-pyrrole nitrogens is 1. The molecule has 0 spiro atoms. The van der Waals surface area contributed by atoms with Crippen molar-refractivity contribution in [3.8, 4) is 0 Å². The van der Waals surface area contributed by atoms with Crippen molar-refractivity contribution in [2.75, 3.05) is 13.2 Å². The van der Waals surface area contributed by atoms with E-state index in [4.69, 9.17) is 4.74 Å². The second-order valence-electron chi connectivity index (χ2n) is 7.43. The van der Waals surface area contributed by atoms with Gasteiger partial charge in [0.05, 0.1) is 17.1 Å². The van der Waals surface area contributed by atoms with Crippen LogP contribution in [-0.4, -0.2) is 39.6 Å². The Morgan fingerprint density at radius 2 is 2.11 bits per heavy atom. The number of nitrogens with one attached hydrogen (secondary N) is 1. The smallest absolute Gasteiger partial charge is 0.326 e. The molecular formula is C22H25N3O3. The van der Waals surface area contributed by atoms with E-state index in [-0.39, 0.29) is 24.2 Å². The van der Waals surface area contributed by atoms with Crippen molar-refractivity contribution in [1.29, 1.82) is 0 Å². The highest BCUT2D eigenvalue weighted by Gasteiger charge is 2.24. The maximum Gasteiger partial charge on any atom is 0.326 e. The number of carbonyl (C=O) groups excluding carboxylic acids is 1. The van der Waals surface area contributed by atoms with Gasteiger partial charge < -0.3 is 14.6 Å². The molecule has 1 atom stereocenters. The maximum absolute atomic E-state index is 13.2. The number of aryl methyl sites for hydroxylation is 1. The summed E-state index contributed by atoms with van der Waals surface area (Å²) in [6, 6.07) is 15.6. The van der Waals surface area contributed by atoms with Crippen LogP contribution in [0.3, 0.4) is 0 Å². The van der Waals surface area contributed by atoms with Gasteiger partial charge in [-0.05, 0) is 37.5 Å². The van der Waals surface area contributed by atoms with Gasteiger partial charge >= 0.3 is 5.69 Å². The Hall–Kier alpha value is -2.86. The van der Waals surface area contributed by atoms with Crippen molar-refractivity contribution in [3.63, 3.8) is 0 Å². The zero-order valence-electron chi connectivity index (χ0n) is 16.1. The molecule has 0 bridgehead atoms. The monoisotopic (exact) mass is 379 g/mol. The van der Waals surface area contributed by atoms with Gasteiger partial charge in [0.1, 0.15) is 6.54 Å². The Balaban J connectivity index is 1.58. The number of carbonyl (C=O) groups is 1. The zero-order chi connectivity index (χ0) is 19.5. The number of imidazole rings is 1. The summed E-state index contributed by atoms with van der Waals surface area (Å²) in [5.74, 6) is -0.0798. The summed E-state index contributed by atoms with van der Waals surface area (Å²) in [7, 11) is 0. The van der Waals surface area contributed by atoms with Gasteiger partial charge in [-0.25, -0.2) is 4.79 Å². The average molecular weight is 379 g/mol. The number of amides is 1. The summed E-state index contributed by atoms with van der Waals surface area (Å²) in [5.41, 5.74) is 3.47. The second-order valence-corrected chi connectivity index (χ2v) is 7.43. The minimum Gasteiger partial charge on any atom is -0.376 e. The largest absolute Gasteiger partial charge is 0.376 e. The van der Waals surface area contributed by atoms with E-state index in [1.807, 2.05) is 54.3 Å². The van der Waals surface area contributed by atoms with Gasteiger partial charge in [0, 0.05) is 19.7 Å². The number of benzene rings is 2. The van der Waals surface area contributed by atoms with Crippen LogP contribution in [0.15, 0.2) is 53.3 Å². The highest BCUT2D eigenvalue weighted by molar-refractivity contribution is 5.80. The van der Waals surface area contributed by atoms with E-state index in [2.05, 4.69) is 11.1 Å². The number of hydrogen-bond donors (Lipinski definition) is 1. The van der Waals surface area contributed by atoms with Crippen LogP contribution in [-0.2, 0) is 22.6 Å². The number of aromatic amines is 1. The predicted molar refractivity (Wildman–Crippen MR) is 108 cm³/mol. The molecule has 146 valence electrons. The number of nitrogens with zero attached hydrogens (tertiary/aromatic N) is 2. The molecule has 1 fully saturated rings. The fourth-order valence-electron chi connectivity index (χ4n) is 3.82. The van der Waals surface area contributed by atoms with Crippen LogP contribution < -0.4 is 5.69 Å². The summed E-state index contributed by atoms with van der Waals surface area (Å²) < 4.78 is 7.27. The molecule has 6 heteroatoms. The zero-order valence-corrected chi connectivity index (χ0v) is 16.1. The van der Waals surface area contributed by atoms with Crippen molar-refractivity contribution < 1.29 is 9.53 Å².